The number of methoxy groups -OCH3 is 1. The highest BCUT2D eigenvalue weighted by Crippen LogP contribution is 2.35. The molecule has 1 aromatic heterocycles. The number of rotatable bonds is 8. The third-order valence-electron chi connectivity index (χ3n) is 3.32. The average molecular weight is 367 g/mol. The number of carbonyl (C=O) groups is 1. The quantitative estimate of drug-likeness (QED) is 0.423. The lowest BCUT2D eigenvalue weighted by Gasteiger charge is -2.13. The van der Waals surface area contributed by atoms with Crippen molar-refractivity contribution in [1.82, 2.24) is 4.98 Å². The van der Waals surface area contributed by atoms with Crippen LogP contribution in [0, 0.1) is 19.3 Å². The first-order valence-electron chi connectivity index (χ1n) is 8.10. The molecular formula is C20H21N3O4. The van der Waals surface area contributed by atoms with E-state index in [2.05, 4.69) is 16.2 Å². The second-order valence-corrected chi connectivity index (χ2v) is 5.49. The zero-order valence-corrected chi connectivity index (χ0v) is 15.2. The predicted octanol–water partition coefficient (Wildman–Crippen LogP) is 2.92. The smallest absolute Gasteiger partial charge is 0.248 e. The van der Waals surface area contributed by atoms with Gasteiger partial charge in [0, 0.05) is 24.0 Å². The number of hydrogen-bond donors (Lipinski definition) is 2. The minimum absolute atomic E-state index is 0.199. The molecule has 0 atom stereocenters. The van der Waals surface area contributed by atoms with Crippen molar-refractivity contribution in [2.75, 3.05) is 31.4 Å². The first kappa shape index (κ1) is 19.8. The number of nitrogens with zero attached hydrogens (tertiary/aromatic N) is 1. The van der Waals surface area contributed by atoms with Gasteiger partial charge in [-0.2, -0.15) is 0 Å². The van der Waals surface area contributed by atoms with Crippen LogP contribution in [-0.4, -0.2) is 31.2 Å². The van der Waals surface area contributed by atoms with Crippen molar-refractivity contribution in [1.29, 1.82) is 0 Å². The van der Waals surface area contributed by atoms with Crippen LogP contribution in [0.2, 0.25) is 0 Å². The maximum atomic E-state index is 11.9. The van der Waals surface area contributed by atoms with Gasteiger partial charge in [0.05, 0.1) is 19.4 Å². The Labute approximate surface area is 158 Å². The molecule has 0 fully saturated rings. The van der Waals surface area contributed by atoms with Gasteiger partial charge in [0.2, 0.25) is 11.8 Å². The maximum Gasteiger partial charge on any atom is 0.248 e. The number of terminal acetylenes is 1. The van der Waals surface area contributed by atoms with Crippen LogP contribution >= 0.6 is 0 Å². The van der Waals surface area contributed by atoms with Crippen molar-refractivity contribution < 1.29 is 19.0 Å². The first-order chi connectivity index (χ1) is 13.0. The zero-order valence-electron chi connectivity index (χ0n) is 15.2. The van der Waals surface area contributed by atoms with E-state index in [1.807, 2.05) is 6.92 Å². The van der Waals surface area contributed by atoms with Crippen LogP contribution in [0.3, 0.4) is 0 Å². The van der Waals surface area contributed by atoms with Crippen LogP contribution in [0.1, 0.15) is 5.56 Å². The fourth-order valence-corrected chi connectivity index (χ4v) is 2.12. The number of ether oxygens (including phenoxy) is 3. The number of pyridine rings is 1. The summed E-state index contributed by atoms with van der Waals surface area (Å²) in [6.45, 7) is 2.35. The van der Waals surface area contributed by atoms with Crippen LogP contribution in [-0.2, 0) is 9.53 Å². The Morgan fingerprint density at radius 3 is 2.89 bits per heavy atom. The van der Waals surface area contributed by atoms with Gasteiger partial charge in [-0.15, -0.1) is 6.42 Å². The van der Waals surface area contributed by atoms with Crippen molar-refractivity contribution in [3.63, 3.8) is 0 Å². The summed E-state index contributed by atoms with van der Waals surface area (Å²) in [6.07, 6.45) is 9.67. The molecule has 7 nitrogen and oxygen atoms in total. The van der Waals surface area contributed by atoms with E-state index in [9.17, 15) is 4.79 Å². The van der Waals surface area contributed by atoms with Gasteiger partial charge in [0.1, 0.15) is 6.61 Å². The molecule has 27 heavy (non-hydrogen) atoms. The molecule has 0 saturated heterocycles. The van der Waals surface area contributed by atoms with Gasteiger partial charge in [-0.05, 0) is 30.7 Å². The average Bonchev–Trinajstić information content (AvgIpc) is 2.64. The molecule has 0 aliphatic rings. The van der Waals surface area contributed by atoms with Crippen LogP contribution in [0.25, 0.3) is 0 Å². The Hall–Kier alpha value is -3.50. The summed E-state index contributed by atoms with van der Waals surface area (Å²) in [5.74, 6) is 3.17. The zero-order chi connectivity index (χ0) is 19.6. The van der Waals surface area contributed by atoms with Crippen molar-refractivity contribution in [2.45, 2.75) is 6.92 Å². The van der Waals surface area contributed by atoms with E-state index in [4.69, 9.17) is 26.4 Å². The molecule has 1 aromatic carbocycles. The number of aromatic nitrogens is 1. The topological polar surface area (TPSA) is 95.7 Å². The summed E-state index contributed by atoms with van der Waals surface area (Å²) in [5, 5.41) is 2.72. The van der Waals surface area contributed by atoms with Crippen molar-refractivity contribution in [2.24, 2.45) is 0 Å². The van der Waals surface area contributed by atoms with Gasteiger partial charge in [-0.1, -0.05) is 12.0 Å². The second kappa shape index (κ2) is 9.85. The maximum absolute atomic E-state index is 11.9. The molecule has 1 amide bonds. The van der Waals surface area contributed by atoms with Crippen LogP contribution in [0.4, 0.5) is 11.4 Å². The highest BCUT2D eigenvalue weighted by atomic mass is 16.5. The van der Waals surface area contributed by atoms with E-state index in [0.717, 1.165) is 5.56 Å². The predicted molar refractivity (Wildman–Crippen MR) is 104 cm³/mol. The SMILES string of the molecule is C#CCOC/C=C/C(=O)Nc1ccc(Oc2ncc(C)cc2N)c(OC)c1. The van der Waals surface area contributed by atoms with Gasteiger partial charge in [-0.3, -0.25) is 4.79 Å². The highest BCUT2D eigenvalue weighted by molar-refractivity contribution is 5.99. The standard InChI is InChI=1S/C20H21N3O4/c1-4-9-26-10-5-6-19(24)23-15-7-8-17(18(12-15)25-3)27-20-16(21)11-14(2)13-22-20/h1,5-8,11-13H,9-10,21H2,2-3H3,(H,23,24)/b6-5+. The number of carbonyl (C=O) groups excluding carboxylic acids is 1. The molecule has 0 bridgehead atoms. The summed E-state index contributed by atoms with van der Waals surface area (Å²) >= 11 is 0. The lowest BCUT2D eigenvalue weighted by Crippen LogP contribution is -2.08. The molecule has 3 N–H and O–H groups in total. The van der Waals surface area contributed by atoms with Crippen LogP contribution in [0.15, 0.2) is 42.6 Å². The van der Waals surface area contributed by atoms with Crippen molar-refractivity contribution in [3.05, 3.63) is 48.2 Å². The van der Waals surface area contributed by atoms with Crippen LogP contribution < -0.4 is 20.5 Å². The summed E-state index contributed by atoms with van der Waals surface area (Å²) in [5.41, 5.74) is 7.82. The molecule has 140 valence electrons. The summed E-state index contributed by atoms with van der Waals surface area (Å²) in [6, 6.07) is 6.75. The number of amides is 1. The Bertz CT molecular complexity index is 872. The van der Waals surface area contributed by atoms with Crippen molar-refractivity contribution >= 4 is 17.3 Å². The number of aryl methyl sites for hydroxylation is 1. The fourth-order valence-electron chi connectivity index (χ4n) is 2.12. The van der Waals surface area contributed by atoms with Gasteiger partial charge in [0.25, 0.3) is 0 Å². The van der Waals surface area contributed by atoms with Gasteiger partial charge in [-0.25, -0.2) is 4.98 Å². The molecule has 0 spiro atoms. The normalized spacial score (nSPS) is 10.4. The molecule has 7 heteroatoms. The largest absolute Gasteiger partial charge is 0.493 e. The van der Waals surface area contributed by atoms with E-state index in [1.54, 1.807) is 36.5 Å². The summed E-state index contributed by atoms with van der Waals surface area (Å²) in [7, 11) is 1.50. The Kier molecular flexibility index (Phi) is 7.23. The monoisotopic (exact) mass is 367 g/mol. The summed E-state index contributed by atoms with van der Waals surface area (Å²) in [4.78, 5) is 16.1. The third-order valence-corrected chi connectivity index (χ3v) is 3.32. The number of nitrogen functional groups attached to an aromatic ring is 1. The molecule has 0 radical (unpaired) electrons. The molecule has 0 unspecified atom stereocenters. The highest BCUT2D eigenvalue weighted by Gasteiger charge is 2.11. The van der Waals surface area contributed by atoms with E-state index in [0.29, 0.717) is 22.9 Å². The van der Waals surface area contributed by atoms with E-state index in [1.165, 1.54) is 13.2 Å². The van der Waals surface area contributed by atoms with Gasteiger partial charge < -0.3 is 25.3 Å². The molecule has 0 aliphatic heterocycles. The number of hydrogen-bond acceptors (Lipinski definition) is 6. The Morgan fingerprint density at radius 2 is 2.19 bits per heavy atom. The lowest BCUT2D eigenvalue weighted by molar-refractivity contribution is -0.111. The Morgan fingerprint density at radius 1 is 1.37 bits per heavy atom. The minimum atomic E-state index is -0.306. The fraction of sp³-hybridized carbons (Fsp3) is 0.200. The molecular weight excluding hydrogens is 346 g/mol. The van der Waals surface area contributed by atoms with Crippen molar-refractivity contribution in [3.8, 4) is 29.7 Å². The molecule has 0 aliphatic carbocycles. The van der Waals surface area contributed by atoms with E-state index >= 15 is 0 Å². The third kappa shape index (κ3) is 6.06. The molecule has 0 saturated carbocycles. The van der Waals surface area contributed by atoms with Crippen LogP contribution in [0.5, 0.6) is 17.4 Å². The minimum Gasteiger partial charge on any atom is -0.493 e. The van der Waals surface area contributed by atoms with Gasteiger partial charge in [0.15, 0.2) is 11.5 Å². The molecule has 1 heterocycles. The number of nitrogens with two attached hydrogens (primary N) is 1. The summed E-state index contributed by atoms with van der Waals surface area (Å²) < 4.78 is 16.1. The van der Waals surface area contributed by atoms with E-state index < -0.39 is 0 Å². The Balaban J connectivity index is 2.05. The molecule has 2 rings (SSSR count). The van der Waals surface area contributed by atoms with E-state index in [-0.39, 0.29) is 25.0 Å². The molecule has 2 aromatic rings. The number of anilines is 2. The lowest BCUT2D eigenvalue weighted by atomic mass is 10.2. The second-order valence-electron chi connectivity index (χ2n) is 5.49. The van der Waals surface area contributed by atoms with Gasteiger partial charge >= 0.3 is 0 Å². The number of benzene rings is 1. The number of nitrogens with one attached hydrogen (secondary N) is 1. The first-order valence-corrected chi connectivity index (χ1v) is 8.10.